The molecule has 0 spiro atoms. The summed E-state index contributed by atoms with van der Waals surface area (Å²) in [6.45, 7) is 0. The van der Waals surface area contributed by atoms with Crippen LogP contribution in [0.3, 0.4) is 0 Å². The first-order valence-electron chi connectivity index (χ1n) is 7.68. The van der Waals surface area contributed by atoms with Crippen LogP contribution >= 0.6 is 0 Å². The van der Waals surface area contributed by atoms with Gasteiger partial charge in [-0.3, -0.25) is 4.79 Å². The van der Waals surface area contributed by atoms with Crippen LogP contribution in [0.2, 0.25) is 0 Å². The van der Waals surface area contributed by atoms with E-state index < -0.39 is 23.3 Å². The minimum absolute atomic E-state index is 0.114. The number of alkyl halides is 3. The van der Waals surface area contributed by atoms with Crippen LogP contribution in [0.25, 0.3) is 5.82 Å². The summed E-state index contributed by atoms with van der Waals surface area (Å²) in [5, 5.41) is 22.0. The van der Waals surface area contributed by atoms with Gasteiger partial charge in [0.1, 0.15) is 0 Å². The second-order valence-electron chi connectivity index (χ2n) is 5.39. The van der Waals surface area contributed by atoms with Crippen molar-refractivity contribution in [3.8, 4) is 17.8 Å². The maximum Gasteiger partial charge on any atom is 0.434 e. The third-order valence-electron chi connectivity index (χ3n) is 3.61. The number of hydrogen-bond acceptors (Lipinski definition) is 6. The molecule has 2 aromatic heterocycles. The average molecular weight is 388 g/mol. The van der Waals surface area contributed by atoms with Gasteiger partial charge in [-0.2, -0.15) is 23.5 Å². The monoisotopic (exact) mass is 388 g/mol. The van der Waals surface area contributed by atoms with Crippen molar-refractivity contribution >= 4 is 11.6 Å². The molecule has 3 aromatic rings. The first-order valence-corrected chi connectivity index (χ1v) is 7.68. The molecule has 0 unspecified atom stereocenters. The third-order valence-corrected chi connectivity index (χ3v) is 3.61. The molecule has 0 aliphatic heterocycles. The number of carbonyl (C=O) groups excluding carboxylic acids is 1. The zero-order valence-electron chi connectivity index (χ0n) is 14.2. The van der Waals surface area contributed by atoms with Gasteiger partial charge < -0.3 is 10.1 Å². The summed E-state index contributed by atoms with van der Waals surface area (Å²) in [5.41, 5.74) is -1.40. The van der Waals surface area contributed by atoms with Gasteiger partial charge in [-0.25, -0.2) is 4.68 Å². The van der Waals surface area contributed by atoms with Gasteiger partial charge in [-0.15, -0.1) is 10.2 Å². The van der Waals surface area contributed by atoms with Gasteiger partial charge in [0.05, 0.1) is 30.5 Å². The van der Waals surface area contributed by atoms with E-state index in [1.807, 2.05) is 6.07 Å². The van der Waals surface area contributed by atoms with Gasteiger partial charge in [-0.05, 0) is 30.3 Å². The van der Waals surface area contributed by atoms with E-state index in [4.69, 9.17) is 10.00 Å². The van der Waals surface area contributed by atoms with E-state index in [0.29, 0.717) is 10.2 Å². The van der Waals surface area contributed by atoms with Crippen LogP contribution in [0.1, 0.15) is 21.6 Å². The highest BCUT2D eigenvalue weighted by atomic mass is 19.4. The number of nitrogens with zero attached hydrogens (tertiary/aromatic N) is 5. The van der Waals surface area contributed by atoms with Crippen molar-refractivity contribution in [3.05, 3.63) is 59.4 Å². The number of benzene rings is 1. The van der Waals surface area contributed by atoms with Crippen LogP contribution in [0.4, 0.5) is 18.9 Å². The van der Waals surface area contributed by atoms with Crippen LogP contribution in [-0.4, -0.2) is 33.0 Å². The highest BCUT2D eigenvalue weighted by Crippen LogP contribution is 2.33. The number of halogens is 3. The summed E-state index contributed by atoms with van der Waals surface area (Å²) in [6, 6.07) is 10.1. The molecular formula is C17H11F3N6O2. The Balaban J connectivity index is 1.97. The number of aromatic nitrogens is 4. The fourth-order valence-corrected chi connectivity index (χ4v) is 2.32. The second kappa shape index (κ2) is 7.36. The molecule has 0 fully saturated rings. The molecule has 142 valence electrons. The highest BCUT2D eigenvalue weighted by Gasteiger charge is 2.41. The summed E-state index contributed by atoms with van der Waals surface area (Å²) in [6.07, 6.45) is -4.08. The summed E-state index contributed by atoms with van der Waals surface area (Å²) < 4.78 is 46.2. The molecule has 1 amide bonds. The lowest BCUT2D eigenvalue weighted by molar-refractivity contribution is -0.143. The minimum atomic E-state index is -4.88. The predicted molar refractivity (Wildman–Crippen MR) is 89.8 cm³/mol. The number of nitriles is 1. The number of nitrogens with one attached hydrogen (secondary N) is 1. The van der Waals surface area contributed by atoms with E-state index in [9.17, 15) is 18.0 Å². The van der Waals surface area contributed by atoms with Crippen molar-refractivity contribution < 1.29 is 22.7 Å². The fraction of sp³-hybridized carbons (Fsp3) is 0.118. The molecule has 0 radical (unpaired) electrons. The topological polar surface area (TPSA) is 106 Å². The Hall–Kier alpha value is -3.94. The lowest BCUT2D eigenvalue weighted by atomic mass is 10.2. The van der Waals surface area contributed by atoms with Crippen LogP contribution in [-0.2, 0) is 6.18 Å². The molecule has 3 rings (SSSR count). The van der Waals surface area contributed by atoms with Crippen LogP contribution < -0.4 is 10.1 Å². The summed E-state index contributed by atoms with van der Waals surface area (Å²) in [4.78, 5) is 12.4. The van der Waals surface area contributed by atoms with Gasteiger partial charge in [0, 0.05) is 11.8 Å². The molecule has 0 bridgehead atoms. The molecule has 0 aliphatic carbocycles. The molecule has 2 heterocycles. The number of carbonyl (C=O) groups is 1. The lowest BCUT2D eigenvalue weighted by Gasteiger charge is -2.12. The van der Waals surface area contributed by atoms with Crippen molar-refractivity contribution in [1.29, 1.82) is 5.26 Å². The Labute approximate surface area is 156 Å². The quantitative estimate of drug-likeness (QED) is 0.737. The van der Waals surface area contributed by atoms with Crippen LogP contribution in [0.5, 0.6) is 5.88 Å². The largest absolute Gasteiger partial charge is 0.480 e. The normalized spacial score (nSPS) is 11.0. The van der Waals surface area contributed by atoms with Gasteiger partial charge in [0.15, 0.2) is 11.5 Å². The Morgan fingerprint density at radius 2 is 1.89 bits per heavy atom. The third kappa shape index (κ3) is 3.75. The highest BCUT2D eigenvalue weighted by molar-refractivity contribution is 6.05. The van der Waals surface area contributed by atoms with Gasteiger partial charge in [0.25, 0.3) is 5.91 Å². The molecule has 1 N–H and O–H groups in total. The lowest BCUT2D eigenvalue weighted by Crippen LogP contribution is -2.21. The molecule has 0 saturated carbocycles. The second-order valence-corrected chi connectivity index (χ2v) is 5.39. The fourth-order valence-electron chi connectivity index (χ4n) is 2.32. The van der Waals surface area contributed by atoms with Crippen molar-refractivity contribution in [1.82, 2.24) is 20.0 Å². The predicted octanol–water partition coefficient (Wildman–Crippen LogP) is 2.81. The molecule has 0 saturated heterocycles. The maximum atomic E-state index is 13.6. The standard InChI is InChI=1S/C17H11F3N6O2/c1-28-14-7-6-13(24-25-14)26-15(17(18,19)20)12(9-22-26)16(27)23-11-4-2-10(8-21)3-5-11/h2-7,9H,1H3,(H,23,27). The van der Waals surface area contributed by atoms with Crippen LogP contribution in [0.15, 0.2) is 42.6 Å². The molecule has 0 aliphatic rings. The first-order chi connectivity index (χ1) is 13.3. The number of methoxy groups -OCH3 is 1. The van der Waals surface area contributed by atoms with Crippen molar-refractivity contribution in [2.45, 2.75) is 6.18 Å². The van der Waals surface area contributed by atoms with Crippen molar-refractivity contribution in [2.24, 2.45) is 0 Å². The van der Waals surface area contributed by atoms with E-state index in [0.717, 1.165) is 6.20 Å². The van der Waals surface area contributed by atoms with Crippen molar-refractivity contribution in [2.75, 3.05) is 12.4 Å². The Bertz CT molecular complexity index is 1040. The average Bonchev–Trinajstić information content (AvgIpc) is 3.14. The zero-order valence-corrected chi connectivity index (χ0v) is 14.2. The van der Waals surface area contributed by atoms with Gasteiger partial charge in [0.2, 0.25) is 5.88 Å². The number of anilines is 1. The van der Waals surface area contributed by atoms with E-state index >= 15 is 0 Å². The number of amides is 1. The smallest absolute Gasteiger partial charge is 0.434 e. The van der Waals surface area contributed by atoms with Crippen LogP contribution in [0, 0.1) is 11.3 Å². The molecule has 8 nitrogen and oxygen atoms in total. The molecule has 1 aromatic carbocycles. The zero-order chi connectivity index (χ0) is 20.3. The first kappa shape index (κ1) is 18.8. The van der Waals surface area contributed by atoms with Gasteiger partial charge >= 0.3 is 6.18 Å². The van der Waals surface area contributed by atoms with Crippen molar-refractivity contribution in [3.63, 3.8) is 0 Å². The molecule has 28 heavy (non-hydrogen) atoms. The summed E-state index contributed by atoms with van der Waals surface area (Å²) in [5.74, 6) is -1.13. The minimum Gasteiger partial charge on any atom is -0.480 e. The van der Waals surface area contributed by atoms with Gasteiger partial charge in [-0.1, -0.05) is 0 Å². The Kier molecular flexibility index (Phi) is 4.95. The summed E-state index contributed by atoms with van der Waals surface area (Å²) >= 11 is 0. The SMILES string of the molecule is COc1ccc(-n2ncc(C(=O)Nc3ccc(C#N)cc3)c2C(F)(F)F)nn1. The number of rotatable bonds is 4. The van der Waals surface area contributed by atoms with E-state index in [1.54, 1.807) is 0 Å². The number of hydrogen-bond donors (Lipinski definition) is 1. The Morgan fingerprint density at radius 3 is 2.43 bits per heavy atom. The Morgan fingerprint density at radius 1 is 1.18 bits per heavy atom. The molecule has 11 heteroatoms. The number of ether oxygens (including phenoxy) is 1. The van der Waals surface area contributed by atoms with E-state index in [2.05, 4.69) is 20.6 Å². The summed E-state index contributed by atoms with van der Waals surface area (Å²) in [7, 11) is 1.34. The molecule has 0 atom stereocenters. The molecular weight excluding hydrogens is 377 g/mol. The maximum absolute atomic E-state index is 13.6. The van der Waals surface area contributed by atoms with E-state index in [-0.39, 0.29) is 17.4 Å². The van der Waals surface area contributed by atoms with E-state index in [1.165, 1.54) is 43.5 Å².